The largest absolute Gasteiger partial charge is 0.325 e. The van der Waals surface area contributed by atoms with Crippen molar-refractivity contribution in [2.75, 3.05) is 0 Å². The smallest absolute Gasteiger partial charge is 0.0546 e. The summed E-state index contributed by atoms with van der Waals surface area (Å²) < 4.78 is 0. The zero-order chi connectivity index (χ0) is 12.3. The van der Waals surface area contributed by atoms with E-state index in [1.54, 1.807) is 18.3 Å². The zero-order valence-electron chi connectivity index (χ0n) is 8.86. The Labute approximate surface area is 114 Å². The molecule has 0 spiro atoms. The number of pyridine rings is 1. The third-order valence-electron chi connectivity index (χ3n) is 2.13. The Morgan fingerprint density at radius 1 is 1.18 bits per heavy atom. The summed E-state index contributed by atoms with van der Waals surface area (Å²) >= 11 is 13.5. The quantitative estimate of drug-likeness (QED) is 0.926. The highest BCUT2D eigenvalue weighted by Crippen LogP contribution is 2.34. The van der Waals surface area contributed by atoms with Gasteiger partial charge in [-0.3, -0.25) is 4.98 Å². The minimum atomic E-state index is 0.447. The lowest BCUT2D eigenvalue weighted by Gasteiger charge is -2.05. The van der Waals surface area contributed by atoms with Crippen molar-refractivity contribution >= 4 is 35.0 Å². The third-order valence-corrected chi connectivity index (χ3v) is 3.84. The van der Waals surface area contributed by atoms with E-state index in [0.717, 1.165) is 15.5 Å². The molecule has 0 aliphatic rings. The Kier molecular flexibility index (Phi) is 4.29. The van der Waals surface area contributed by atoms with E-state index < -0.39 is 0 Å². The summed E-state index contributed by atoms with van der Waals surface area (Å²) in [6.45, 7) is 0.447. The van der Waals surface area contributed by atoms with Crippen LogP contribution in [0.25, 0.3) is 0 Å². The predicted molar refractivity (Wildman–Crippen MR) is 72.7 cm³/mol. The van der Waals surface area contributed by atoms with Crippen molar-refractivity contribution in [2.45, 2.75) is 16.3 Å². The fourth-order valence-corrected chi connectivity index (χ4v) is 2.59. The van der Waals surface area contributed by atoms with Crippen LogP contribution in [0.15, 0.2) is 46.3 Å². The molecule has 1 heterocycles. The summed E-state index contributed by atoms with van der Waals surface area (Å²) in [6, 6.07) is 9.26. The Bertz CT molecular complexity index is 514. The van der Waals surface area contributed by atoms with Crippen molar-refractivity contribution in [3.05, 3.63) is 52.3 Å². The van der Waals surface area contributed by atoms with Crippen molar-refractivity contribution in [2.24, 2.45) is 5.73 Å². The molecule has 0 bridgehead atoms. The van der Waals surface area contributed by atoms with Crippen molar-refractivity contribution in [3.63, 3.8) is 0 Å². The van der Waals surface area contributed by atoms with Gasteiger partial charge in [0.1, 0.15) is 0 Å². The first-order valence-electron chi connectivity index (χ1n) is 4.97. The Hall–Kier alpha value is -0.740. The molecule has 0 fully saturated rings. The van der Waals surface area contributed by atoms with E-state index in [0.29, 0.717) is 16.6 Å². The average molecular weight is 285 g/mol. The van der Waals surface area contributed by atoms with Crippen LogP contribution in [-0.2, 0) is 6.54 Å². The van der Waals surface area contributed by atoms with E-state index in [9.17, 15) is 0 Å². The molecular formula is C12H10Cl2N2S. The van der Waals surface area contributed by atoms with Gasteiger partial charge in [0.2, 0.25) is 0 Å². The highest BCUT2D eigenvalue weighted by Gasteiger charge is 2.04. The highest BCUT2D eigenvalue weighted by molar-refractivity contribution is 7.99. The van der Waals surface area contributed by atoms with E-state index in [1.165, 1.54) is 11.8 Å². The first kappa shape index (κ1) is 12.7. The molecule has 0 unspecified atom stereocenters. The minimum absolute atomic E-state index is 0.447. The molecule has 0 amide bonds. The van der Waals surface area contributed by atoms with Crippen LogP contribution in [0.2, 0.25) is 10.0 Å². The van der Waals surface area contributed by atoms with Gasteiger partial charge in [-0.1, -0.05) is 35.0 Å². The van der Waals surface area contributed by atoms with Crippen LogP contribution in [-0.4, -0.2) is 4.98 Å². The van der Waals surface area contributed by atoms with Crippen molar-refractivity contribution in [3.8, 4) is 0 Å². The van der Waals surface area contributed by atoms with Gasteiger partial charge in [0.25, 0.3) is 0 Å². The fraction of sp³-hybridized carbons (Fsp3) is 0.0833. The standard InChI is InChI=1S/C12H10Cl2N2S/c13-8-1-4-11(14)12(5-8)17-10-3-2-9(6-15)16-7-10/h1-5,7H,6,15H2. The monoisotopic (exact) mass is 284 g/mol. The van der Waals surface area contributed by atoms with Crippen LogP contribution < -0.4 is 5.73 Å². The van der Waals surface area contributed by atoms with E-state index in [-0.39, 0.29) is 0 Å². The van der Waals surface area contributed by atoms with Gasteiger partial charge in [0, 0.05) is 27.6 Å². The molecule has 2 nitrogen and oxygen atoms in total. The summed E-state index contributed by atoms with van der Waals surface area (Å²) in [4.78, 5) is 6.15. The van der Waals surface area contributed by atoms with Crippen LogP contribution in [0.4, 0.5) is 0 Å². The molecule has 0 saturated carbocycles. The molecule has 0 saturated heterocycles. The summed E-state index contributed by atoms with van der Waals surface area (Å²) in [5, 5.41) is 1.35. The molecule has 1 aromatic heterocycles. The molecule has 2 aromatic rings. The van der Waals surface area contributed by atoms with Crippen LogP contribution in [0.5, 0.6) is 0 Å². The minimum Gasteiger partial charge on any atom is -0.325 e. The van der Waals surface area contributed by atoms with Gasteiger partial charge in [-0.05, 0) is 30.3 Å². The van der Waals surface area contributed by atoms with Gasteiger partial charge in [0.15, 0.2) is 0 Å². The number of hydrogen-bond donors (Lipinski definition) is 1. The molecule has 2 N–H and O–H groups in total. The van der Waals surface area contributed by atoms with E-state index in [2.05, 4.69) is 4.98 Å². The van der Waals surface area contributed by atoms with E-state index in [4.69, 9.17) is 28.9 Å². The number of halogens is 2. The topological polar surface area (TPSA) is 38.9 Å². The summed E-state index contributed by atoms with van der Waals surface area (Å²) in [6.07, 6.45) is 1.78. The van der Waals surface area contributed by atoms with Gasteiger partial charge in [-0.2, -0.15) is 0 Å². The molecule has 0 radical (unpaired) electrons. The maximum absolute atomic E-state index is 6.08. The van der Waals surface area contributed by atoms with Gasteiger partial charge in [-0.25, -0.2) is 0 Å². The van der Waals surface area contributed by atoms with Gasteiger partial charge < -0.3 is 5.73 Å². The summed E-state index contributed by atoms with van der Waals surface area (Å²) in [5.74, 6) is 0. The predicted octanol–water partition coefficient (Wildman–Crippen LogP) is 4.00. The molecule has 2 rings (SSSR count). The first-order valence-corrected chi connectivity index (χ1v) is 6.54. The maximum atomic E-state index is 6.08. The lowest BCUT2D eigenvalue weighted by molar-refractivity contribution is 0.977. The van der Waals surface area contributed by atoms with Crippen molar-refractivity contribution in [1.82, 2.24) is 4.98 Å². The Morgan fingerprint density at radius 2 is 2.00 bits per heavy atom. The number of benzene rings is 1. The highest BCUT2D eigenvalue weighted by atomic mass is 35.5. The van der Waals surface area contributed by atoms with E-state index >= 15 is 0 Å². The summed E-state index contributed by atoms with van der Waals surface area (Å²) in [7, 11) is 0. The Balaban J connectivity index is 2.22. The molecule has 88 valence electrons. The summed E-state index contributed by atoms with van der Waals surface area (Å²) in [5.41, 5.74) is 6.36. The number of aromatic nitrogens is 1. The van der Waals surface area contributed by atoms with Crippen LogP contribution in [0.3, 0.4) is 0 Å². The molecule has 5 heteroatoms. The molecule has 17 heavy (non-hydrogen) atoms. The third kappa shape index (κ3) is 3.36. The van der Waals surface area contributed by atoms with Gasteiger partial charge in [0.05, 0.1) is 10.7 Å². The molecule has 0 aliphatic heterocycles. The molecule has 1 aromatic carbocycles. The molecule has 0 aliphatic carbocycles. The van der Waals surface area contributed by atoms with Gasteiger partial charge >= 0.3 is 0 Å². The molecule has 0 atom stereocenters. The number of nitrogens with two attached hydrogens (primary N) is 1. The number of hydrogen-bond acceptors (Lipinski definition) is 3. The second-order valence-electron chi connectivity index (χ2n) is 3.37. The molecular weight excluding hydrogens is 275 g/mol. The second-order valence-corrected chi connectivity index (χ2v) is 5.33. The lowest BCUT2D eigenvalue weighted by atomic mass is 10.3. The van der Waals surface area contributed by atoms with Crippen molar-refractivity contribution < 1.29 is 0 Å². The number of rotatable bonds is 3. The van der Waals surface area contributed by atoms with Crippen LogP contribution in [0, 0.1) is 0 Å². The van der Waals surface area contributed by atoms with Crippen LogP contribution in [0.1, 0.15) is 5.69 Å². The average Bonchev–Trinajstić information content (AvgIpc) is 2.35. The van der Waals surface area contributed by atoms with Gasteiger partial charge in [-0.15, -0.1) is 0 Å². The maximum Gasteiger partial charge on any atom is 0.0546 e. The van der Waals surface area contributed by atoms with E-state index in [1.807, 2.05) is 18.2 Å². The number of nitrogens with zero attached hydrogens (tertiary/aromatic N) is 1. The lowest BCUT2D eigenvalue weighted by Crippen LogP contribution is -1.98. The van der Waals surface area contributed by atoms with Crippen molar-refractivity contribution in [1.29, 1.82) is 0 Å². The first-order chi connectivity index (χ1) is 8.19. The van der Waals surface area contributed by atoms with Crippen LogP contribution >= 0.6 is 35.0 Å². The fourth-order valence-electron chi connectivity index (χ4n) is 1.27. The SMILES string of the molecule is NCc1ccc(Sc2cc(Cl)ccc2Cl)cn1. The zero-order valence-corrected chi connectivity index (χ0v) is 11.2. The second kappa shape index (κ2) is 5.74. The Morgan fingerprint density at radius 3 is 2.65 bits per heavy atom. The normalized spacial score (nSPS) is 10.5.